The number of amides is 1. The number of hydrogen-bond donors (Lipinski definition) is 2. The Morgan fingerprint density at radius 1 is 1.07 bits per heavy atom. The van der Waals surface area contributed by atoms with E-state index in [1.54, 1.807) is 24.4 Å². The lowest BCUT2D eigenvalue weighted by atomic mass is 9.90. The molecule has 0 aliphatic rings. The molecule has 2 aromatic carbocycles. The van der Waals surface area contributed by atoms with Crippen LogP contribution in [0, 0.1) is 5.82 Å². The van der Waals surface area contributed by atoms with Gasteiger partial charge in [-0.3, -0.25) is 9.20 Å². The van der Waals surface area contributed by atoms with Crippen molar-refractivity contribution in [2.45, 2.75) is 12.5 Å². The van der Waals surface area contributed by atoms with E-state index in [4.69, 9.17) is 0 Å². The largest absolute Gasteiger partial charge is 0.361 e. The van der Waals surface area contributed by atoms with Crippen LogP contribution in [0.2, 0.25) is 0 Å². The molecule has 0 aliphatic carbocycles. The van der Waals surface area contributed by atoms with Crippen molar-refractivity contribution in [3.63, 3.8) is 0 Å². The quantitative estimate of drug-likeness (QED) is 0.479. The van der Waals surface area contributed by atoms with Crippen LogP contribution in [0.3, 0.4) is 0 Å². The predicted octanol–water partition coefficient (Wildman–Crippen LogP) is 4.04. The van der Waals surface area contributed by atoms with Crippen molar-refractivity contribution in [3.05, 3.63) is 102 Å². The average Bonchev–Trinajstić information content (AvgIpc) is 3.39. The van der Waals surface area contributed by atoms with Crippen LogP contribution in [-0.4, -0.2) is 25.5 Å². The Kier molecular flexibility index (Phi) is 4.10. The molecule has 5 rings (SSSR count). The number of H-pyrrole nitrogens is 1. The monoisotopic (exact) mass is 399 g/mol. The Hall–Kier alpha value is -4.00. The van der Waals surface area contributed by atoms with E-state index >= 15 is 0 Å². The van der Waals surface area contributed by atoms with Crippen LogP contribution in [0.5, 0.6) is 0 Å². The van der Waals surface area contributed by atoms with Gasteiger partial charge in [0.15, 0.2) is 11.5 Å². The molecule has 148 valence electrons. The average molecular weight is 399 g/mol. The first-order valence-electron chi connectivity index (χ1n) is 9.51. The fraction of sp³-hybridized carbons (Fsp3) is 0.0870. The molecule has 1 atom stereocenters. The van der Waals surface area contributed by atoms with Crippen molar-refractivity contribution in [3.8, 4) is 0 Å². The van der Waals surface area contributed by atoms with E-state index in [2.05, 4.69) is 20.5 Å². The number of aromatic amines is 1. The number of aromatic nitrogens is 4. The fourth-order valence-electron chi connectivity index (χ4n) is 3.83. The summed E-state index contributed by atoms with van der Waals surface area (Å²) in [4.78, 5) is 16.2. The van der Waals surface area contributed by atoms with Gasteiger partial charge in [-0.05, 0) is 49.4 Å². The van der Waals surface area contributed by atoms with Gasteiger partial charge >= 0.3 is 0 Å². The van der Waals surface area contributed by atoms with Crippen molar-refractivity contribution in [2.24, 2.45) is 0 Å². The van der Waals surface area contributed by atoms with Crippen molar-refractivity contribution >= 4 is 22.5 Å². The molecule has 5 aromatic rings. The number of carbonyl (C=O) groups is 1. The van der Waals surface area contributed by atoms with Crippen molar-refractivity contribution < 1.29 is 9.18 Å². The van der Waals surface area contributed by atoms with E-state index in [1.807, 2.05) is 53.9 Å². The van der Waals surface area contributed by atoms with Crippen LogP contribution in [0.25, 0.3) is 16.6 Å². The molecule has 0 bridgehead atoms. The van der Waals surface area contributed by atoms with Gasteiger partial charge < -0.3 is 10.3 Å². The molecule has 0 saturated heterocycles. The van der Waals surface area contributed by atoms with Crippen LogP contribution in [0.15, 0.2) is 79.1 Å². The van der Waals surface area contributed by atoms with Gasteiger partial charge in [0.05, 0.1) is 0 Å². The number of benzene rings is 2. The molecule has 0 aliphatic heterocycles. The standard InChI is InChI=1S/C23H18FN5O/c1-23(26-21(30)15-7-3-2-4-8-15,22-28-27-20-9-5-6-12-29(20)22)18-14-25-19-13-16(24)10-11-17(18)19/h2-14,25H,1H3,(H,26,30)/t23-/m0/s1. The second-order valence-corrected chi connectivity index (χ2v) is 7.29. The smallest absolute Gasteiger partial charge is 0.252 e. The first-order chi connectivity index (χ1) is 14.6. The van der Waals surface area contributed by atoms with E-state index in [0.717, 1.165) is 10.9 Å². The van der Waals surface area contributed by atoms with Crippen molar-refractivity contribution in [1.82, 2.24) is 24.9 Å². The number of carbonyl (C=O) groups excluding carboxylic acids is 1. The number of hydrogen-bond acceptors (Lipinski definition) is 3. The second-order valence-electron chi connectivity index (χ2n) is 7.29. The van der Waals surface area contributed by atoms with Crippen LogP contribution in [-0.2, 0) is 5.54 Å². The van der Waals surface area contributed by atoms with Gasteiger partial charge in [-0.2, -0.15) is 0 Å². The topological polar surface area (TPSA) is 75.1 Å². The van der Waals surface area contributed by atoms with Gasteiger partial charge in [0, 0.05) is 34.4 Å². The summed E-state index contributed by atoms with van der Waals surface area (Å²) in [6, 6.07) is 19.1. The van der Waals surface area contributed by atoms with Crippen molar-refractivity contribution in [2.75, 3.05) is 0 Å². The van der Waals surface area contributed by atoms with Gasteiger partial charge in [0.1, 0.15) is 11.4 Å². The molecule has 0 fully saturated rings. The summed E-state index contributed by atoms with van der Waals surface area (Å²) < 4.78 is 15.6. The summed E-state index contributed by atoms with van der Waals surface area (Å²) in [5.41, 5.74) is 1.56. The third kappa shape index (κ3) is 2.83. The normalized spacial score (nSPS) is 13.4. The minimum atomic E-state index is -1.04. The Morgan fingerprint density at radius 3 is 2.70 bits per heavy atom. The maximum atomic E-state index is 13.7. The molecule has 0 unspecified atom stereocenters. The molecule has 0 saturated carbocycles. The first kappa shape index (κ1) is 18.1. The molecule has 3 aromatic heterocycles. The third-order valence-corrected chi connectivity index (χ3v) is 5.34. The van der Waals surface area contributed by atoms with Crippen LogP contribution >= 0.6 is 0 Å². The zero-order valence-electron chi connectivity index (χ0n) is 16.1. The number of halogens is 1. The van der Waals surface area contributed by atoms with Gasteiger partial charge in [-0.15, -0.1) is 10.2 Å². The second kappa shape index (κ2) is 6.81. The molecule has 0 radical (unpaired) electrons. The predicted molar refractivity (Wildman–Crippen MR) is 112 cm³/mol. The Bertz CT molecular complexity index is 1370. The van der Waals surface area contributed by atoms with Crippen LogP contribution in [0.1, 0.15) is 28.7 Å². The zero-order chi connectivity index (χ0) is 20.7. The number of pyridine rings is 1. The number of rotatable bonds is 4. The number of nitrogens with zero attached hydrogens (tertiary/aromatic N) is 3. The highest BCUT2D eigenvalue weighted by Crippen LogP contribution is 2.34. The number of nitrogens with one attached hydrogen (secondary N) is 2. The van der Waals surface area contributed by atoms with E-state index in [1.165, 1.54) is 12.1 Å². The summed E-state index contributed by atoms with van der Waals surface area (Å²) in [5, 5.41) is 12.6. The molecule has 2 N–H and O–H groups in total. The molecule has 0 spiro atoms. The highest BCUT2D eigenvalue weighted by molar-refractivity contribution is 5.96. The Morgan fingerprint density at radius 2 is 1.87 bits per heavy atom. The molecule has 6 nitrogen and oxygen atoms in total. The summed E-state index contributed by atoms with van der Waals surface area (Å²) in [5.74, 6) is -0.0336. The molecule has 30 heavy (non-hydrogen) atoms. The summed E-state index contributed by atoms with van der Waals surface area (Å²) in [6.45, 7) is 1.88. The van der Waals surface area contributed by atoms with Gasteiger partial charge in [-0.1, -0.05) is 24.3 Å². The lowest BCUT2D eigenvalue weighted by Crippen LogP contribution is -2.45. The molecular formula is C23H18FN5O. The van der Waals surface area contributed by atoms with Crippen molar-refractivity contribution in [1.29, 1.82) is 0 Å². The molecule has 1 amide bonds. The lowest BCUT2D eigenvalue weighted by Gasteiger charge is -2.29. The Balaban J connectivity index is 1.72. The van der Waals surface area contributed by atoms with Gasteiger partial charge in [-0.25, -0.2) is 4.39 Å². The fourth-order valence-corrected chi connectivity index (χ4v) is 3.83. The first-order valence-corrected chi connectivity index (χ1v) is 9.51. The third-order valence-electron chi connectivity index (χ3n) is 5.34. The van der Waals surface area contributed by atoms with E-state index < -0.39 is 5.54 Å². The summed E-state index contributed by atoms with van der Waals surface area (Å²) in [7, 11) is 0. The maximum Gasteiger partial charge on any atom is 0.252 e. The summed E-state index contributed by atoms with van der Waals surface area (Å²) >= 11 is 0. The zero-order valence-corrected chi connectivity index (χ0v) is 16.1. The molecular weight excluding hydrogens is 381 g/mol. The lowest BCUT2D eigenvalue weighted by molar-refractivity contribution is 0.0916. The highest BCUT2D eigenvalue weighted by atomic mass is 19.1. The minimum absolute atomic E-state index is 0.248. The summed E-state index contributed by atoms with van der Waals surface area (Å²) in [6.07, 6.45) is 3.63. The SMILES string of the molecule is C[C@](NC(=O)c1ccccc1)(c1c[nH]c2cc(F)ccc12)c1nnc2ccccn12. The van der Waals surface area contributed by atoms with E-state index in [9.17, 15) is 9.18 Å². The van der Waals surface area contributed by atoms with Gasteiger partial charge in [0.25, 0.3) is 5.91 Å². The maximum absolute atomic E-state index is 13.7. The highest BCUT2D eigenvalue weighted by Gasteiger charge is 2.38. The molecule has 7 heteroatoms. The van der Waals surface area contributed by atoms with Gasteiger partial charge in [0.2, 0.25) is 0 Å². The number of fused-ring (bicyclic) bond motifs is 2. The minimum Gasteiger partial charge on any atom is -0.361 e. The Labute approximate surface area is 171 Å². The van der Waals surface area contributed by atoms with E-state index in [0.29, 0.717) is 22.6 Å². The van der Waals surface area contributed by atoms with Crippen LogP contribution in [0.4, 0.5) is 4.39 Å². The molecule has 3 heterocycles. The van der Waals surface area contributed by atoms with Crippen LogP contribution < -0.4 is 5.32 Å². The van der Waals surface area contributed by atoms with E-state index in [-0.39, 0.29) is 11.7 Å².